The molecule has 0 fully saturated rings. The van der Waals surface area contributed by atoms with Crippen molar-refractivity contribution in [2.24, 2.45) is 10.7 Å². The molecule has 3 aromatic carbocycles. The Morgan fingerprint density at radius 3 is 2.25 bits per heavy atom. The first-order valence-electron chi connectivity index (χ1n) is 12.0. The summed E-state index contributed by atoms with van der Waals surface area (Å²) in [6, 6.07) is 24.7. The van der Waals surface area contributed by atoms with E-state index in [9.17, 15) is 13.2 Å². The van der Waals surface area contributed by atoms with Gasteiger partial charge in [0.05, 0.1) is 20.4 Å². The van der Waals surface area contributed by atoms with Crippen LogP contribution in [0, 0.1) is 6.92 Å². The highest BCUT2D eigenvalue weighted by molar-refractivity contribution is 6.03. The van der Waals surface area contributed by atoms with Crippen LogP contribution in [-0.2, 0) is 10.3 Å². The summed E-state index contributed by atoms with van der Waals surface area (Å²) in [6.07, 6.45) is -1.54. The van der Waals surface area contributed by atoms with Gasteiger partial charge >= 0.3 is 12.1 Å². The van der Waals surface area contributed by atoms with Gasteiger partial charge in [-0.15, -0.1) is 0 Å². The zero-order valence-corrected chi connectivity index (χ0v) is 21.9. The monoisotopic (exact) mass is 549 g/mol. The van der Waals surface area contributed by atoms with Gasteiger partial charge in [-0.05, 0) is 59.0 Å². The van der Waals surface area contributed by atoms with Crippen LogP contribution >= 0.6 is 0 Å². The summed E-state index contributed by atoms with van der Waals surface area (Å²) in [5.74, 6) is -0.666. The predicted octanol–water partition coefficient (Wildman–Crippen LogP) is 5.72. The quantitative estimate of drug-likeness (QED) is 0.330. The Kier molecular flexibility index (Phi) is 7.81. The first-order chi connectivity index (χ1) is 19.0. The fourth-order valence-corrected chi connectivity index (χ4v) is 4.65. The zero-order valence-electron chi connectivity index (χ0n) is 21.9. The van der Waals surface area contributed by atoms with Gasteiger partial charge in [-0.3, -0.25) is 4.98 Å². The van der Waals surface area contributed by atoms with Crippen molar-refractivity contribution in [3.05, 3.63) is 113 Å². The lowest BCUT2D eigenvalue weighted by atomic mass is 9.76. The van der Waals surface area contributed by atoms with Crippen molar-refractivity contribution in [2.45, 2.75) is 18.6 Å². The maximum absolute atomic E-state index is 10.6. The van der Waals surface area contributed by atoms with Gasteiger partial charge in [0, 0.05) is 17.3 Å². The number of carboxylic acid groups (broad SMARTS) is 1. The smallest absolute Gasteiger partial charge is 0.490 e. The van der Waals surface area contributed by atoms with Crippen LogP contribution in [0.3, 0.4) is 0 Å². The molecule has 7 nitrogen and oxygen atoms in total. The molecule has 0 radical (unpaired) electrons. The Morgan fingerprint density at radius 2 is 1.60 bits per heavy atom. The van der Waals surface area contributed by atoms with Crippen molar-refractivity contribution in [3.8, 4) is 22.6 Å². The summed E-state index contributed by atoms with van der Waals surface area (Å²) in [4.78, 5) is 18.3. The van der Waals surface area contributed by atoms with E-state index in [2.05, 4.69) is 47.4 Å². The number of hydrogen-bond donors (Lipinski definition) is 2. The molecular formula is C30H26F3N3O4. The van der Waals surface area contributed by atoms with Crippen molar-refractivity contribution < 1.29 is 32.5 Å². The molecule has 5 rings (SSSR count). The predicted molar refractivity (Wildman–Crippen MR) is 145 cm³/mol. The number of nitrogens with zero attached hydrogens (tertiary/aromatic N) is 2. The Balaban J connectivity index is 0.000000470. The van der Waals surface area contributed by atoms with Gasteiger partial charge in [-0.2, -0.15) is 13.2 Å². The number of halogens is 3. The number of aliphatic imine (C=N–C) groups is 1. The van der Waals surface area contributed by atoms with E-state index in [1.807, 2.05) is 43.5 Å². The minimum Gasteiger partial charge on any atom is -0.496 e. The molecule has 1 atom stereocenters. The molecule has 206 valence electrons. The van der Waals surface area contributed by atoms with Crippen molar-refractivity contribution in [1.82, 2.24) is 4.98 Å². The second-order valence-electron chi connectivity index (χ2n) is 8.93. The molecule has 40 heavy (non-hydrogen) atoms. The molecule has 10 heteroatoms. The standard InChI is InChI=1S/C28H25N3O2.C2HF3O2/c1-18-13-22(11-12-26(18)33-3)28(25-10-5-4-9-24(25)27(29)31-28)21-8-6-7-19(14-21)20-15-23(32-2)17-30-16-20;3-2(4,5)1(6)7/h4-17H,1-3H3,(H2,29,31);(H,6,7). The van der Waals surface area contributed by atoms with E-state index < -0.39 is 17.7 Å². The number of fused-ring (bicyclic) bond motifs is 1. The molecule has 0 saturated carbocycles. The molecule has 1 aliphatic heterocycles. The lowest BCUT2D eigenvalue weighted by Crippen LogP contribution is -2.25. The molecule has 1 aromatic heterocycles. The molecule has 0 saturated heterocycles. The van der Waals surface area contributed by atoms with E-state index >= 15 is 0 Å². The first-order valence-corrected chi connectivity index (χ1v) is 12.0. The van der Waals surface area contributed by atoms with Gasteiger partial charge in [-0.1, -0.05) is 48.5 Å². The number of hydrogen-bond acceptors (Lipinski definition) is 6. The molecule has 1 unspecified atom stereocenters. The number of carboxylic acids is 1. The molecule has 4 aromatic rings. The van der Waals surface area contributed by atoms with Crippen LogP contribution in [0.1, 0.15) is 27.8 Å². The van der Waals surface area contributed by atoms with E-state index in [-0.39, 0.29) is 0 Å². The SMILES string of the molecule is COc1cncc(-c2cccc(C3(c4ccc(OC)c(C)c4)N=C(N)c4ccccc43)c2)c1.O=C(O)C(F)(F)F. The van der Waals surface area contributed by atoms with E-state index in [1.54, 1.807) is 20.4 Å². The molecule has 2 heterocycles. The number of amidine groups is 1. The maximum atomic E-state index is 10.6. The average molecular weight is 550 g/mol. The van der Waals surface area contributed by atoms with Crippen molar-refractivity contribution in [1.29, 1.82) is 0 Å². The number of carbonyl (C=O) groups is 1. The number of nitrogens with two attached hydrogens (primary N) is 1. The van der Waals surface area contributed by atoms with Crippen LogP contribution in [0.25, 0.3) is 11.1 Å². The summed E-state index contributed by atoms with van der Waals surface area (Å²) in [5.41, 5.74) is 12.8. The van der Waals surface area contributed by atoms with Gasteiger partial charge in [0.2, 0.25) is 0 Å². The van der Waals surface area contributed by atoms with Crippen LogP contribution in [0.15, 0.2) is 90.2 Å². The van der Waals surface area contributed by atoms with Gasteiger partial charge < -0.3 is 20.3 Å². The lowest BCUT2D eigenvalue weighted by Gasteiger charge is -2.30. The summed E-state index contributed by atoms with van der Waals surface area (Å²) >= 11 is 0. The van der Waals surface area contributed by atoms with Gasteiger partial charge in [0.25, 0.3) is 0 Å². The number of rotatable bonds is 5. The number of pyridine rings is 1. The largest absolute Gasteiger partial charge is 0.496 e. The number of alkyl halides is 3. The number of aromatic nitrogens is 1. The third-order valence-corrected chi connectivity index (χ3v) is 6.50. The number of aliphatic carboxylic acids is 1. The molecule has 0 aliphatic carbocycles. The highest BCUT2D eigenvalue weighted by atomic mass is 19.4. The number of methoxy groups -OCH3 is 2. The Hall–Kier alpha value is -4.86. The van der Waals surface area contributed by atoms with Crippen LogP contribution in [-0.4, -0.2) is 42.3 Å². The summed E-state index contributed by atoms with van der Waals surface area (Å²) in [5, 5.41) is 7.12. The summed E-state index contributed by atoms with van der Waals surface area (Å²) < 4.78 is 42.6. The first kappa shape index (κ1) is 28.2. The zero-order chi connectivity index (χ0) is 29.1. The van der Waals surface area contributed by atoms with Gasteiger partial charge in [0.15, 0.2) is 0 Å². The molecule has 0 spiro atoms. The van der Waals surface area contributed by atoms with Crippen LogP contribution in [0.4, 0.5) is 13.2 Å². The van der Waals surface area contributed by atoms with Gasteiger partial charge in [0.1, 0.15) is 22.9 Å². The molecule has 3 N–H and O–H groups in total. The summed E-state index contributed by atoms with van der Waals surface area (Å²) in [6.45, 7) is 2.04. The topological polar surface area (TPSA) is 107 Å². The Morgan fingerprint density at radius 1 is 0.900 bits per heavy atom. The van der Waals surface area contributed by atoms with Crippen molar-refractivity contribution in [2.75, 3.05) is 14.2 Å². The third kappa shape index (κ3) is 5.33. The fraction of sp³-hybridized carbons (Fsp3) is 0.167. The van der Waals surface area contributed by atoms with Crippen molar-refractivity contribution >= 4 is 11.8 Å². The second-order valence-corrected chi connectivity index (χ2v) is 8.93. The minimum absolute atomic E-state index is 0.535. The number of ether oxygens (including phenoxy) is 2. The van der Waals surface area contributed by atoms with Crippen LogP contribution in [0.5, 0.6) is 11.5 Å². The number of benzene rings is 3. The molecule has 0 bridgehead atoms. The Bertz CT molecular complexity index is 1590. The average Bonchev–Trinajstić information content (AvgIpc) is 3.26. The number of aryl methyl sites for hydroxylation is 1. The highest BCUT2D eigenvalue weighted by Gasteiger charge is 2.43. The highest BCUT2D eigenvalue weighted by Crippen LogP contribution is 2.47. The van der Waals surface area contributed by atoms with E-state index in [1.165, 1.54) is 0 Å². The molecule has 1 aliphatic rings. The van der Waals surface area contributed by atoms with E-state index in [4.69, 9.17) is 30.1 Å². The van der Waals surface area contributed by atoms with Crippen molar-refractivity contribution in [3.63, 3.8) is 0 Å². The molecular weight excluding hydrogens is 523 g/mol. The van der Waals surface area contributed by atoms with E-state index in [0.29, 0.717) is 11.6 Å². The summed E-state index contributed by atoms with van der Waals surface area (Å²) in [7, 11) is 3.33. The maximum Gasteiger partial charge on any atom is 0.490 e. The lowest BCUT2D eigenvalue weighted by molar-refractivity contribution is -0.192. The third-order valence-electron chi connectivity index (χ3n) is 6.50. The fourth-order valence-electron chi connectivity index (χ4n) is 4.65. The van der Waals surface area contributed by atoms with Crippen LogP contribution in [0.2, 0.25) is 0 Å². The minimum atomic E-state index is -5.08. The normalized spacial score (nSPS) is 15.8. The molecule has 0 amide bonds. The second kappa shape index (κ2) is 11.1. The Labute approximate surface area is 228 Å². The van der Waals surface area contributed by atoms with Gasteiger partial charge in [-0.25, -0.2) is 9.79 Å². The van der Waals surface area contributed by atoms with Crippen LogP contribution < -0.4 is 15.2 Å². The van der Waals surface area contributed by atoms with E-state index in [0.717, 1.165) is 44.7 Å².